The molecular formula is C21H50O3Si2. The zero-order chi connectivity index (χ0) is 19.7. The van der Waals surface area contributed by atoms with E-state index in [9.17, 15) is 0 Å². The molecule has 0 N–H and O–H groups in total. The fraction of sp³-hybridized carbons (Fsp3) is 1.00. The van der Waals surface area contributed by atoms with E-state index >= 15 is 0 Å². The van der Waals surface area contributed by atoms with Gasteiger partial charge >= 0.3 is 9.53 Å². The summed E-state index contributed by atoms with van der Waals surface area (Å²) in [4.78, 5) is 0. The maximum Gasteiger partial charge on any atom is 0.483 e. The zero-order valence-corrected chi connectivity index (χ0v) is 22.0. The summed E-state index contributed by atoms with van der Waals surface area (Å²) in [6, 6.07) is 1.51. The van der Waals surface area contributed by atoms with Crippen LogP contribution >= 0.6 is 0 Å². The molecule has 0 bridgehead atoms. The van der Waals surface area contributed by atoms with Crippen molar-refractivity contribution in [3.63, 3.8) is 0 Å². The first-order valence-electron chi connectivity index (χ1n) is 11.3. The molecular weight excluding hydrogens is 356 g/mol. The quantitative estimate of drug-likeness (QED) is 0.204. The highest BCUT2D eigenvalue weighted by atomic mass is 28.3. The van der Waals surface area contributed by atoms with E-state index in [4.69, 9.17) is 13.3 Å². The van der Waals surface area contributed by atoms with Gasteiger partial charge in [-0.25, -0.2) is 0 Å². The first-order valence-corrected chi connectivity index (χ1v) is 14.2. The van der Waals surface area contributed by atoms with Gasteiger partial charge in [0, 0.05) is 31.6 Å². The third kappa shape index (κ3) is 26.5. The summed E-state index contributed by atoms with van der Waals surface area (Å²) in [6.45, 7) is 2.30. The Morgan fingerprint density at radius 2 is 0.769 bits per heavy atom. The Bertz CT molecular complexity index is 206. The molecule has 0 unspecified atom stereocenters. The lowest BCUT2D eigenvalue weighted by Gasteiger charge is -2.05. The summed E-state index contributed by atoms with van der Waals surface area (Å²) < 4.78 is 14.2. The third-order valence-electron chi connectivity index (χ3n) is 4.78. The minimum atomic E-state index is -1.67. The Morgan fingerprint density at radius 3 is 0.962 bits per heavy atom. The lowest BCUT2D eigenvalue weighted by atomic mass is 10.0. The third-order valence-corrected chi connectivity index (χ3v) is 6.65. The lowest BCUT2D eigenvalue weighted by molar-refractivity contribution is 0.163. The molecule has 0 saturated heterocycles. The molecule has 0 aliphatic carbocycles. The van der Waals surface area contributed by atoms with Gasteiger partial charge in [-0.1, -0.05) is 116 Å². The summed E-state index contributed by atoms with van der Waals surface area (Å²) in [6.07, 6.45) is 23.7. The van der Waals surface area contributed by atoms with Crippen molar-refractivity contribution >= 4 is 19.8 Å². The van der Waals surface area contributed by atoms with Crippen molar-refractivity contribution in [2.24, 2.45) is 0 Å². The van der Waals surface area contributed by atoms with Crippen molar-refractivity contribution in [3.05, 3.63) is 0 Å². The van der Waals surface area contributed by atoms with Gasteiger partial charge in [-0.05, 0) is 0 Å². The maximum absolute atomic E-state index is 4.74. The molecule has 0 spiro atoms. The van der Waals surface area contributed by atoms with E-state index < -0.39 is 9.53 Å². The minimum Gasteiger partial charge on any atom is -0.379 e. The molecule has 3 nitrogen and oxygen atoms in total. The van der Waals surface area contributed by atoms with Crippen LogP contribution in [0, 0.1) is 0 Å². The Hall–Kier alpha value is 0.314. The number of hydrogen-bond donors (Lipinski definition) is 0. The van der Waals surface area contributed by atoms with Crippen molar-refractivity contribution in [1.29, 1.82) is 0 Å². The van der Waals surface area contributed by atoms with Gasteiger partial charge in [-0.3, -0.25) is 0 Å². The average molecular weight is 407 g/mol. The van der Waals surface area contributed by atoms with E-state index in [1.807, 2.05) is 0 Å². The van der Waals surface area contributed by atoms with Gasteiger partial charge in [0.1, 0.15) is 0 Å². The molecule has 0 aromatic heterocycles. The van der Waals surface area contributed by atoms with Gasteiger partial charge in [-0.15, -0.1) is 0 Å². The highest BCUT2D eigenvalue weighted by molar-refractivity contribution is 6.36. The van der Waals surface area contributed by atoms with Crippen LogP contribution in [0.5, 0.6) is 0 Å². The van der Waals surface area contributed by atoms with Crippen molar-refractivity contribution in [2.75, 3.05) is 21.3 Å². The first kappa shape index (κ1) is 28.5. The Kier molecular flexibility index (Phi) is 30.2. The van der Waals surface area contributed by atoms with Crippen LogP contribution in [0.1, 0.15) is 110 Å². The highest BCUT2D eigenvalue weighted by Crippen LogP contribution is 2.13. The fourth-order valence-electron chi connectivity index (χ4n) is 3.09. The smallest absolute Gasteiger partial charge is 0.379 e. The maximum atomic E-state index is 4.74. The molecule has 0 atom stereocenters. The fourth-order valence-corrected chi connectivity index (χ4v) is 4.16. The largest absolute Gasteiger partial charge is 0.483 e. The first-order chi connectivity index (χ1) is 12.8. The van der Waals surface area contributed by atoms with Crippen LogP contribution < -0.4 is 0 Å². The summed E-state index contributed by atoms with van der Waals surface area (Å²) in [7, 11) is 4.46. The van der Waals surface area contributed by atoms with Crippen LogP contribution in [0.3, 0.4) is 0 Å². The molecule has 0 rings (SSSR count). The molecule has 0 heterocycles. The molecule has 160 valence electrons. The summed E-state index contributed by atoms with van der Waals surface area (Å²) in [5.41, 5.74) is 0. The van der Waals surface area contributed by atoms with E-state index in [1.54, 1.807) is 21.3 Å². The molecule has 0 aromatic carbocycles. The van der Waals surface area contributed by atoms with Crippen LogP contribution in [0.15, 0.2) is 0 Å². The van der Waals surface area contributed by atoms with Gasteiger partial charge in [-0.2, -0.15) is 0 Å². The second-order valence-corrected chi connectivity index (χ2v) is 10.3. The Balaban J connectivity index is 0. The molecule has 0 aliphatic rings. The van der Waals surface area contributed by atoms with Crippen LogP contribution in [0.2, 0.25) is 6.04 Å². The normalized spacial score (nSPS) is 11.0. The number of unbranched alkanes of at least 4 members (excludes halogenated alkanes) is 15. The molecule has 0 fully saturated rings. The van der Waals surface area contributed by atoms with E-state index in [0.717, 1.165) is 0 Å². The van der Waals surface area contributed by atoms with E-state index in [0.29, 0.717) is 0 Å². The van der Waals surface area contributed by atoms with E-state index in [2.05, 4.69) is 6.92 Å². The molecule has 0 saturated carbocycles. The van der Waals surface area contributed by atoms with E-state index in [-0.39, 0.29) is 0 Å². The van der Waals surface area contributed by atoms with Crippen molar-refractivity contribution < 1.29 is 13.3 Å². The van der Waals surface area contributed by atoms with Crippen molar-refractivity contribution in [3.8, 4) is 0 Å². The molecule has 0 aliphatic heterocycles. The van der Waals surface area contributed by atoms with Crippen LogP contribution in [-0.2, 0) is 13.3 Å². The lowest BCUT2D eigenvalue weighted by Crippen LogP contribution is -2.21. The second-order valence-electron chi connectivity index (χ2n) is 7.30. The van der Waals surface area contributed by atoms with E-state index in [1.165, 1.54) is 119 Å². The zero-order valence-electron chi connectivity index (χ0n) is 18.8. The predicted octanol–water partition coefficient (Wildman–Crippen LogP) is 5.67. The standard InChI is InChI=1S/C18H40Si.C3H10O3Si/c1-2-3-4-5-6-7-8-9-10-11-12-13-14-15-16-17-18-19;1-4-7(5-2)6-3/h2-18H2,1,19H3;7H,1-3H3. The number of hydrogen-bond acceptors (Lipinski definition) is 3. The van der Waals surface area contributed by atoms with Gasteiger partial charge in [0.25, 0.3) is 0 Å². The SMILES string of the molecule is CCCCCCCCCCCCCCCCCC[SiH3].CO[SiH](OC)OC. The van der Waals surface area contributed by atoms with Crippen molar-refractivity contribution in [1.82, 2.24) is 0 Å². The molecule has 0 radical (unpaired) electrons. The Morgan fingerprint density at radius 1 is 0.500 bits per heavy atom. The topological polar surface area (TPSA) is 27.7 Å². The highest BCUT2D eigenvalue weighted by Gasteiger charge is 2.05. The number of rotatable bonds is 19. The molecule has 0 amide bonds. The van der Waals surface area contributed by atoms with Crippen LogP contribution in [0.25, 0.3) is 0 Å². The molecule has 26 heavy (non-hydrogen) atoms. The van der Waals surface area contributed by atoms with Crippen LogP contribution in [-0.4, -0.2) is 41.1 Å². The summed E-state index contributed by atoms with van der Waals surface area (Å²) in [5.74, 6) is 0. The van der Waals surface area contributed by atoms with Crippen molar-refractivity contribution in [2.45, 2.75) is 116 Å². The minimum absolute atomic E-state index is 1.38. The summed E-state index contributed by atoms with van der Waals surface area (Å²) >= 11 is 0. The van der Waals surface area contributed by atoms with Gasteiger partial charge in [0.05, 0.1) is 0 Å². The van der Waals surface area contributed by atoms with Gasteiger partial charge in [0.2, 0.25) is 0 Å². The predicted molar refractivity (Wildman–Crippen MR) is 122 cm³/mol. The monoisotopic (exact) mass is 406 g/mol. The molecule has 0 aromatic rings. The summed E-state index contributed by atoms with van der Waals surface area (Å²) in [5, 5.41) is 0. The average Bonchev–Trinajstić information content (AvgIpc) is 2.67. The van der Waals surface area contributed by atoms with Gasteiger partial charge in [0.15, 0.2) is 0 Å². The van der Waals surface area contributed by atoms with Gasteiger partial charge < -0.3 is 13.3 Å². The Labute approximate surface area is 170 Å². The second kappa shape index (κ2) is 27.5. The van der Waals surface area contributed by atoms with Crippen LogP contribution in [0.4, 0.5) is 0 Å². The molecule has 5 heteroatoms.